The highest BCUT2D eigenvalue weighted by molar-refractivity contribution is 9.10. The first kappa shape index (κ1) is 23.9. The largest absolute Gasteiger partial charge is 0.367 e. The minimum atomic E-state index is -0.695. The predicted octanol–water partition coefficient (Wildman–Crippen LogP) is 3.10. The first-order valence-corrected chi connectivity index (χ1v) is 12.9. The summed E-state index contributed by atoms with van der Waals surface area (Å²) < 4.78 is 16.2. The summed E-state index contributed by atoms with van der Waals surface area (Å²) in [6, 6.07) is 10.8. The Labute approximate surface area is 212 Å². The lowest BCUT2D eigenvalue weighted by atomic mass is 10.0. The Morgan fingerprint density at radius 1 is 1.06 bits per heavy atom. The Bertz CT molecular complexity index is 1170. The third-order valence-corrected chi connectivity index (χ3v) is 7.63. The number of amides is 3. The number of hydrogen-bond acceptors (Lipinski definition) is 5. The zero-order valence-electron chi connectivity index (χ0n) is 19.4. The number of nitrogens with zero attached hydrogens (tertiary/aromatic N) is 3. The van der Waals surface area contributed by atoms with Gasteiger partial charge in [-0.3, -0.25) is 24.6 Å². The maximum atomic E-state index is 15.1. The summed E-state index contributed by atoms with van der Waals surface area (Å²) in [7, 11) is 0. The van der Waals surface area contributed by atoms with Crippen molar-refractivity contribution >= 4 is 39.3 Å². The van der Waals surface area contributed by atoms with Crippen molar-refractivity contribution in [1.82, 2.24) is 15.1 Å². The van der Waals surface area contributed by atoms with Crippen LogP contribution in [0.1, 0.15) is 40.7 Å². The molecule has 3 aliphatic rings. The molecule has 35 heavy (non-hydrogen) atoms. The Balaban J connectivity index is 1.18. The molecule has 0 radical (unpaired) electrons. The van der Waals surface area contributed by atoms with Crippen molar-refractivity contribution in [3.63, 3.8) is 0 Å². The van der Waals surface area contributed by atoms with E-state index in [0.29, 0.717) is 17.7 Å². The Hall–Kier alpha value is -2.78. The van der Waals surface area contributed by atoms with Crippen LogP contribution in [0.25, 0.3) is 0 Å². The van der Waals surface area contributed by atoms with Gasteiger partial charge in [-0.2, -0.15) is 0 Å². The van der Waals surface area contributed by atoms with Crippen LogP contribution in [0.3, 0.4) is 0 Å². The monoisotopic (exact) mass is 542 g/mol. The van der Waals surface area contributed by atoms with Gasteiger partial charge in [0.25, 0.3) is 5.91 Å². The van der Waals surface area contributed by atoms with Crippen LogP contribution >= 0.6 is 15.9 Å². The van der Waals surface area contributed by atoms with Gasteiger partial charge in [0, 0.05) is 49.2 Å². The summed E-state index contributed by atoms with van der Waals surface area (Å²) in [6.07, 6.45) is 2.59. The number of carbonyl (C=O) groups is 3. The normalized spacial score (nSPS) is 20.9. The average molecular weight is 543 g/mol. The fourth-order valence-corrected chi connectivity index (χ4v) is 5.68. The second-order valence-corrected chi connectivity index (χ2v) is 10.3. The number of nitrogens with one attached hydrogen (secondary N) is 1. The number of imide groups is 1. The Morgan fingerprint density at radius 3 is 2.60 bits per heavy atom. The van der Waals surface area contributed by atoms with Gasteiger partial charge in [-0.15, -0.1) is 0 Å². The lowest BCUT2D eigenvalue weighted by molar-refractivity contribution is -0.136. The van der Waals surface area contributed by atoms with Crippen LogP contribution in [-0.2, 0) is 22.6 Å². The number of anilines is 1. The van der Waals surface area contributed by atoms with Crippen molar-refractivity contribution in [2.45, 2.75) is 38.3 Å². The summed E-state index contributed by atoms with van der Waals surface area (Å²) >= 11 is 3.52. The predicted molar refractivity (Wildman–Crippen MR) is 134 cm³/mol. The number of hydrogen-bond donors (Lipinski definition) is 1. The van der Waals surface area contributed by atoms with E-state index in [1.807, 2.05) is 11.0 Å². The molecule has 1 atom stereocenters. The van der Waals surface area contributed by atoms with E-state index in [0.717, 1.165) is 55.6 Å². The van der Waals surface area contributed by atoms with Gasteiger partial charge in [-0.1, -0.05) is 28.1 Å². The summed E-state index contributed by atoms with van der Waals surface area (Å²) in [4.78, 5) is 42.5. The fraction of sp³-hybridized carbons (Fsp3) is 0.423. The molecule has 184 valence electrons. The van der Waals surface area contributed by atoms with Crippen LogP contribution in [0.4, 0.5) is 10.1 Å². The summed E-state index contributed by atoms with van der Waals surface area (Å²) in [6.45, 7) is 4.41. The zero-order valence-corrected chi connectivity index (χ0v) is 21.0. The Kier molecular flexibility index (Phi) is 6.88. The van der Waals surface area contributed by atoms with Crippen molar-refractivity contribution in [3.05, 3.63) is 63.4 Å². The van der Waals surface area contributed by atoms with E-state index in [1.165, 1.54) is 16.5 Å². The molecule has 0 bridgehead atoms. The SMILES string of the molecule is O=C1CCC(N2Cc3cc(N4CCN(CCCc5cccc(Br)c5)CC4)c(F)cc3C2=O)C(=O)N1. The van der Waals surface area contributed by atoms with E-state index in [1.54, 1.807) is 6.07 Å². The number of piperidine rings is 1. The average Bonchev–Trinajstić information content (AvgIpc) is 3.14. The van der Waals surface area contributed by atoms with Crippen LogP contribution in [0.2, 0.25) is 0 Å². The van der Waals surface area contributed by atoms with Gasteiger partial charge in [0.2, 0.25) is 11.8 Å². The number of piperazine rings is 1. The molecule has 3 amide bonds. The first-order chi connectivity index (χ1) is 16.9. The molecule has 2 saturated heterocycles. The third kappa shape index (κ3) is 5.11. The van der Waals surface area contributed by atoms with E-state index < -0.39 is 17.8 Å². The van der Waals surface area contributed by atoms with Gasteiger partial charge in [0.05, 0.1) is 5.69 Å². The number of fused-ring (bicyclic) bond motifs is 1. The smallest absolute Gasteiger partial charge is 0.255 e. The van der Waals surface area contributed by atoms with Gasteiger partial charge in [-0.25, -0.2) is 4.39 Å². The van der Waals surface area contributed by atoms with Gasteiger partial charge < -0.3 is 9.80 Å². The minimum absolute atomic E-state index is 0.198. The summed E-state index contributed by atoms with van der Waals surface area (Å²) in [5.74, 6) is -1.55. The van der Waals surface area contributed by atoms with Crippen LogP contribution in [0.5, 0.6) is 0 Å². The van der Waals surface area contributed by atoms with E-state index in [4.69, 9.17) is 0 Å². The fourth-order valence-electron chi connectivity index (χ4n) is 5.23. The van der Waals surface area contributed by atoms with Crippen molar-refractivity contribution in [1.29, 1.82) is 0 Å². The molecule has 0 spiro atoms. The highest BCUT2D eigenvalue weighted by Gasteiger charge is 2.39. The van der Waals surface area contributed by atoms with Crippen molar-refractivity contribution in [2.24, 2.45) is 0 Å². The zero-order chi connectivity index (χ0) is 24.5. The van der Waals surface area contributed by atoms with Crippen molar-refractivity contribution in [2.75, 3.05) is 37.6 Å². The minimum Gasteiger partial charge on any atom is -0.367 e. The van der Waals surface area contributed by atoms with Crippen molar-refractivity contribution < 1.29 is 18.8 Å². The standard InChI is InChI=1S/C26H28BrFN4O3/c27-19-5-1-3-17(13-19)4-2-8-30-9-11-31(12-10-30)23-14-18-16-32(26(35)20(18)15-21(23)28)22-6-7-24(33)29-25(22)34/h1,3,5,13-15,22H,2,4,6-12,16H2,(H,29,33,34). The maximum Gasteiger partial charge on any atom is 0.255 e. The molecule has 2 aromatic rings. The van der Waals surface area contributed by atoms with Gasteiger partial charge >= 0.3 is 0 Å². The summed E-state index contributed by atoms with van der Waals surface area (Å²) in [5.41, 5.74) is 2.87. The molecule has 0 aliphatic carbocycles. The van der Waals surface area contributed by atoms with E-state index in [2.05, 4.69) is 44.3 Å². The molecule has 5 rings (SSSR count). The highest BCUT2D eigenvalue weighted by Crippen LogP contribution is 2.33. The van der Waals surface area contributed by atoms with Crippen molar-refractivity contribution in [3.8, 4) is 0 Å². The number of rotatable bonds is 6. The molecule has 0 saturated carbocycles. The number of benzene rings is 2. The lowest BCUT2D eigenvalue weighted by Gasteiger charge is -2.36. The maximum absolute atomic E-state index is 15.1. The van der Waals surface area contributed by atoms with Crippen LogP contribution in [-0.4, -0.2) is 66.3 Å². The molecule has 3 heterocycles. The second-order valence-electron chi connectivity index (χ2n) is 9.42. The van der Waals surface area contributed by atoms with Crippen LogP contribution in [0.15, 0.2) is 40.9 Å². The van der Waals surface area contributed by atoms with E-state index in [9.17, 15) is 14.4 Å². The van der Waals surface area contributed by atoms with E-state index >= 15 is 4.39 Å². The molecular weight excluding hydrogens is 515 g/mol. The topological polar surface area (TPSA) is 73.0 Å². The van der Waals surface area contributed by atoms with E-state index in [-0.39, 0.29) is 24.8 Å². The Morgan fingerprint density at radius 2 is 1.86 bits per heavy atom. The van der Waals surface area contributed by atoms with Crippen LogP contribution < -0.4 is 10.2 Å². The lowest BCUT2D eigenvalue weighted by Crippen LogP contribution is -2.52. The second kappa shape index (κ2) is 10.1. The molecule has 1 unspecified atom stereocenters. The number of carbonyl (C=O) groups excluding carboxylic acids is 3. The van der Waals surface area contributed by atoms with Gasteiger partial charge in [-0.05, 0) is 61.2 Å². The summed E-state index contributed by atoms with van der Waals surface area (Å²) in [5, 5.41) is 2.30. The molecule has 2 fully saturated rings. The highest BCUT2D eigenvalue weighted by atomic mass is 79.9. The molecule has 1 N–H and O–H groups in total. The molecule has 9 heteroatoms. The molecule has 2 aromatic carbocycles. The number of aryl methyl sites for hydroxylation is 1. The van der Waals surface area contributed by atoms with Gasteiger partial charge in [0.15, 0.2) is 0 Å². The molecule has 7 nitrogen and oxygen atoms in total. The number of halogens is 2. The molecule has 0 aromatic heterocycles. The van der Waals surface area contributed by atoms with Gasteiger partial charge in [0.1, 0.15) is 11.9 Å². The van der Waals surface area contributed by atoms with Crippen LogP contribution in [0, 0.1) is 5.82 Å². The molecular formula is C26H28BrFN4O3. The third-order valence-electron chi connectivity index (χ3n) is 7.13. The molecule has 3 aliphatic heterocycles. The first-order valence-electron chi connectivity index (χ1n) is 12.1. The quantitative estimate of drug-likeness (QED) is 0.568.